The molecule has 4 heteroatoms. The highest BCUT2D eigenvalue weighted by atomic mass is 19.1. The average Bonchev–Trinajstić information content (AvgIpc) is 2.28. The van der Waals surface area contributed by atoms with Crippen LogP contribution in [-0.2, 0) is 0 Å². The number of rotatable bonds is 4. The lowest BCUT2D eigenvalue weighted by Crippen LogP contribution is -2.31. The van der Waals surface area contributed by atoms with Crippen LogP contribution in [0.1, 0.15) is 30.6 Å². The molecular formula is C12H17FN2O. The van der Waals surface area contributed by atoms with E-state index in [4.69, 9.17) is 0 Å². The van der Waals surface area contributed by atoms with Crippen LogP contribution in [0.15, 0.2) is 18.3 Å². The van der Waals surface area contributed by atoms with Crippen LogP contribution in [0.5, 0.6) is 0 Å². The van der Waals surface area contributed by atoms with E-state index in [-0.39, 0.29) is 11.5 Å². The molecule has 1 atom stereocenters. The van der Waals surface area contributed by atoms with Crippen LogP contribution < -0.4 is 0 Å². The first-order valence-corrected chi connectivity index (χ1v) is 5.42. The molecule has 0 N–H and O–H groups in total. The summed E-state index contributed by atoms with van der Waals surface area (Å²) in [6, 6.07) is 3.02. The molecule has 16 heavy (non-hydrogen) atoms. The van der Waals surface area contributed by atoms with Gasteiger partial charge in [0, 0.05) is 19.8 Å². The lowest BCUT2D eigenvalue weighted by atomic mass is 10.1. The second-order valence-electron chi connectivity index (χ2n) is 4.04. The van der Waals surface area contributed by atoms with Gasteiger partial charge in [-0.2, -0.15) is 4.39 Å². The smallest absolute Gasteiger partial charge is 0.258 e. The van der Waals surface area contributed by atoms with Crippen LogP contribution in [0.3, 0.4) is 0 Å². The highest BCUT2D eigenvalue weighted by Crippen LogP contribution is 2.09. The van der Waals surface area contributed by atoms with Crippen LogP contribution in [0.2, 0.25) is 0 Å². The van der Waals surface area contributed by atoms with Gasteiger partial charge in [0.1, 0.15) is 0 Å². The summed E-state index contributed by atoms with van der Waals surface area (Å²) >= 11 is 0. The molecule has 3 nitrogen and oxygen atoms in total. The van der Waals surface area contributed by atoms with Crippen molar-refractivity contribution in [2.45, 2.75) is 20.3 Å². The van der Waals surface area contributed by atoms with Crippen LogP contribution in [0.4, 0.5) is 4.39 Å². The summed E-state index contributed by atoms with van der Waals surface area (Å²) in [4.78, 5) is 16.9. The van der Waals surface area contributed by atoms with Gasteiger partial charge in [0.05, 0.1) is 5.56 Å². The highest BCUT2D eigenvalue weighted by molar-refractivity contribution is 5.93. The van der Waals surface area contributed by atoms with E-state index in [1.807, 2.05) is 0 Å². The Morgan fingerprint density at radius 2 is 2.31 bits per heavy atom. The van der Waals surface area contributed by atoms with E-state index in [1.54, 1.807) is 13.1 Å². The van der Waals surface area contributed by atoms with Crippen molar-refractivity contribution in [1.82, 2.24) is 9.88 Å². The molecule has 1 amide bonds. The van der Waals surface area contributed by atoms with Gasteiger partial charge in [-0.1, -0.05) is 20.3 Å². The summed E-state index contributed by atoms with van der Waals surface area (Å²) in [5, 5.41) is 0. The molecule has 1 aromatic heterocycles. The predicted molar refractivity (Wildman–Crippen MR) is 60.6 cm³/mol. The maximum absolute atomic E-state index is 13.3. The van der Waals surface area contributed by atoms with Gasteiger partial charge < -0.3 is 4.90 Å². The molecule has 0 aliphatic rings. The largest absolute Gasteiger partial charge is 0.341 e. The van der Waals surface area contributed by atoms with E-state index in [1.165, 1.54) is 17.2 Å². The van der Waals surface area contributed by atoms with Gasteiger partial charge in [-0.05, 0) is 18.1 Å². The molecule has 1 aromatic rings. The first-order chi connectivity index (χ1) is 7.56. The highest BCUT2D eigenvalue weighted by Gasteiger charge is 2.17. The van der Waals surface area contributed by atoms with Gasteiger partial charge >= 0.3 is 0 Å². The van der Waals surface area contributed by atoms with E-state index < -0.39 is 5.95 Å². The third-order valence-electron chi connectivity index (χ3n) is 2.62. The van der Waals surface area contributed by atoms with Crippen LogP contribution in [0.25, 0.3) is 0 Å². The first kappa shape index (κ1) is 12.6. The zero-order valence-electron chi connectivity index (χ0n) is 9.90. The maximum atomic E-state index is 13.3. The van der Waals surface area contributed by atoms with E-state index >= 15 is 0 Å². The Labute approximate surface area is 95.3 Å². The molecule has 0 aromatic carbocycles. The van der Waals surface area contributed by atoms with E-state index in [2.05, 4.69) is 18.8 Å². The fourth-order valence-corrected chi connectivity index (χ4v) is 1.43. The van der Waals surface area contributed by atoms with Gasteiger partial charge in [0.25, 0.3) is 5.91 Å². The second-order valence-corrected chi connectivity index (χ2v) is 4.04. The van der Waals surface area contributed by atoms with Crippen molar-refractivity contribution >= 4 is 5.91 Å². The summed E-state index contributed by atoms with van der Waals surface area (Å²) in [6.07, 6.45) is 2.33. The molecule has 1 heterocycles. The van der Waals surface area contributed by atoms with Crippen molar-refractivity contribution in [2.75, 3.05) is 13.6 Å². The number of carbonyl (C=O) groups is 1. The standard InChI is InChI=1S/C12H17FN2O/c1-4-9(2)8-15(3)12(16)10-6-5-7-14-11(10)13/h5-7,9H,4,8H2,1-3H3. The molecule has 0 aliphatic heterocycles. The number of halogens is 1. The quantitative estimate of drug-likeness (QED) is 0.735. The Kier molecular flexibility index (Phi) is 4.40. The molecule has 0 fully saturated rings. The number of aromatic nitrogens is 1. The summed E-state index contributed by atoms with van der Waals surface area (Å²) in [5.41, 5.74) is 0.0355. The van der Waals surface area contributed by atoms with Crippen LogP contribution in [0, 0.1) is 11.9 Å². The third-order valence-corrected chi connectivity index (χ3v) is 2.62. The van der Waals surface area contributed by atoms with E-state index in [0.29, 0.717) is 12.5 Å². The average molecular weight is 224 g/mol. The van der Waals surface area contributed by atoms with E-state index in [0.717, 1.165) is 6.42 Å². The molecule has 88 valence electrons. The van der Waals surface area contributed by atoms with Crippen molar-refractivity contribution in [3.63, 3.8) is 0 Å². The van der Waals surface area contributed by atoms with Gasteiger partial charge in [-0.15, -0.1) is 0 Å². The Morgan fingerprint density at radius 1 is 1.62 bits per heavy atom. The Hall–Kier alpha value is -1.45. The number of pyridine rings is 1. The molecule has 0 radical (unpaired) electrons. The lowest BCUT2D eigenvalue weighted by molar-refractivity contribution is 0.0769. The van der Waals surface area contributed by atoms with Gasteiger partial charge in [-0.25, -0.2) is 4.98 Å². The van der Waals surface area contributed by atoms with Crippen LogP contribution >= 0.6 is 0 Å². The fraction of sp³-hybridized carbons (Fsp3) is 0.500. The lowest BCUT2D eigenvalue weighted by Gasteiger charge is -2.20. The Morgan fingerprint density at radius 3 is 2.88 bits per heavy atom. The molecule has 0 saturated carbocycles. The van der Waals surface area contributed by atoms with Crippen molar-refractivity contribution in [3.8, 4) is 0 Å². The number of carbonyl (C=O) groups excluding carboxylic acids is 1. The minimum atomic E-state index is -0.705. The molecule has 1 unspecified atom stereocenters. The maximum Gasteiger partial charge on any atom is 0.258 e. The summed E-state index contributed by atoms with van der Waals surface area (Å²) in [6.45, 7) is 4.75. The monoisotopic (exact) mass is 224 g/mol. The molecule has 0 aliphatic carbocycles. The van der Waals surface area contributed by atoms with Gasteiger partial charge in [0.2, 0.25) is 5.95 Å². The minimum Gasteiger partial charge on any atom is -0.341 e. The Balaban J connectivity index is 2.75. The zero-order chi connectivity index (χ0) is 12.1. The number of hydrogen-bond acceptors (Lipinski definition) is 2. The Bertz CT molecular complexity index is 368. The predicted octanol–water partition coefficient (Wildman–Crippen LogP) is 2.34. The topological polar surface area (TPSA) is 33.2 Å². The zero-order valence-corrected chi connectivity index (χ0v) is 9.90. The number of amides is 1. The number of nitrogens with zero attached hydrogens (tertiary/aromatic N) is 2. The number of hydrogen-bond donors (Lipinski definition) is 0. The van der Waals surface area contributed by atoms with E-state index in [9.17, 15) is 9.18 Å². The third kappa shape index (κ3) is 3.02. The SMILES string of the molecule is CCC(C)CN(C)C(=O)c1cccnc1F. The van der Waals surface area contributed by atoms with Crippen LogP contribution in [-0.4, -0.2) is 29.4 Å². The van der Waals surface area contributed by atoms with Crippen molar-refractivity contribution < 1.29 is 9.18 Å². The molecular weight excluding hydrogens is 207 g/mol. The molecule has 0 spiro atoms. The summed E-state index contributed by atoms with van der Waals surface area (Å²) < 4.78 is 13.3. The fourth-order valence-electron chi connectivity index (χ4n) is 1.43. The van der Waals surface area contributed by atoms with Crippen molar-refractivity contribution in [1.29, 1.82) is 0 Å². The van der Waals surface area contributed by atoms with Gasteiger partial charge in [-0.3, -0.25) is 4.79 Å². The first-order valence-electron chi connectivity index (χ1n) is 5.42. The summed E-state index contributed by atoms with van der Waals surface area (Å²) in [5.74, 6) is -0.608. The molecule has 0 saturated heterocycles. The molecule has 1 rings (SSSR count). The van der Waals surface area contributed by atoms with Gasteiger partial charge in [0.15, 0.2) is 0 Å². The second kappa shape index (κ2) is 5.58. The van der Waals surface area contributed by atoms with Crippen molar-refractivity contribution in [2.24, 2.45) is 5.92 Å². The minimum absolute atomic E-state index is 0.0355. The molecule has 0 bridgehead atoms. The summed E-state index contributed by atoms with van der Waals surface area (Å²) in [7, 11) is 1.68. The van der Waals surface area contributed by atoms with Crippen molar-refractivity contribution in [3.05, 3.63) is 29.8 Å². The normalized spacial score (nSPS) is 12.2.